The molecule has 0 saturated heterocycles. The molecule has 0 aliphatic rings. The lowest BCUT2D eigenvalue weighted by atomic mass is 10.2. The lowest BCUT2D eigenvalue weighted by Crippen LogP contribution is -2.24. The number of likely N-dealkylation sites (N-methyl/N-ethyl adjacent to an activating group) is 1. The standard InChI is InChI=1S/C17H23NO5/c1-12(2)10-22-14-7-5-13(9-15(14)21-4)6-8-17(20)23-11-16(19)18-3/h5-9,12H,10-11H2,1-4H3,(H,18,19)/b8-6+. The molecular formula is C17H23NO5. The summed E-state index contributed by atoms with van der Waals surface area (Å²) < 4.78 is 15.7. The first kappa shape index (κ1) is 18.5. The zero-order valence-electron chi connectivity index (χ0n) is 13.9. The molecule has 1 rings (SSSR count). The fourth-order valence-electron chi connectivity index (χ4n) is 1.58. The molecule has 0 aromatic heterocycles. The van der Waals surface area contributed by atoms with Gasteiger partial charge in [0.25, 0.3) is 5.91 Å². The predicted octanol–water partition coefficient (Wildman–Crippen LogP) is 2.03. The summed E-state index contributed by atoms with van der Waals surface area (Å²) >= 11 is 0. The topological polar surface area (TPSA) is 73.9 Å². The van der Waals surface area contributed by atoms with Crippen molar-refractivity contribution in [3.63, 3.8) is 0 Å². The summed E-state index contributed by atoms with van der Waals surface area (Å²) in [6.07, 6.45) is 2.84. The highest BCUT2D eigenvalue weighted by atomic mass is 16.5. The molecule has 0 aliphatic heterocycles. The summed E-state index contributed by atoms with van der Waals surface area (Å²) in [4.78, 5) is 22.5. The van der Waals surface area contributed by atoms with Crippen LogP contribution in [0.5, 0.6) is 11.5 Å². The largest absolute Gasteiger partial charge is 0.493 e. The Morgan fingerprint density at radius 1 is 1.26 bits per heavy atom. The molecule has 6 heteroatoms. The third-order valence-electron chi connectivity index (χ3n) is 2.80. The quantitative estimate of drug-likeness (QED) is 0.586. The van der Waals surface area contributed by atoms with E-state index in [0.717, 1.165) is 5.56 Å². The molecule has 0 bridgehead atoms. The number of hydrogen-bond donors (Lipinski definition) is 1. The minimum Gasteiger partial charge on any atom is -0.493 e. The van der Waals surface area contributed by atoms with E-state index in [2.05, 4.69) is 19.2 Å². The average molecular weight is 321 g/mol. The van der Waals surface area contributed by atoms with Crippen LogP contribution in [0.15, 0.2) is 24.3 Å². The molecule has 0 spiro atoms. The molecule has 126 valence electrons. The minimum absolute atomic E-state index is 0.301. The maximum atomic E-state index is 11.5. The van der Waals surface area contributed by atoms with Gasteiger partial charge in [-0.15, -0.1) is 0 Å². The van der Waals surface area contributed by atoms with Gasteiger partial charge in [-0.3, -0.25) is 4.79 Å². The van der Waals surface area contributed by atoms with E-state index in [1.54, 1.807) is 31.4 Å². The van der Waals surface area contributed by atoms with Gasteiger partial charge in [0.1, 0.15) is 0 Å². The normalized spacial score (nSPS) is 10.7. The first-order valence-corrected chi connectivity index (χ1v) is 7.32. The summed E-state index contributed by atoms with van der Waals surface area (Å²) in [6.45, 7) is 4.42. The van der Waals surface area contributed by atoms with E-state index in [1.807, 2.05) is 0 Å². The average Bonchev–Trinajstić information content (AvgIpc) is 2.55. The highest BCUT2D eigenvalue weighted by molar-refractivity contribution is 5.89. The molecule has 6 nitrogen and oxygen atoms in total. The SMILES string of the molecule is CNC(=O)COC(=O)/C=C/c1ccc(OCC(C)C)c(OC)c1. The van der Waals surface area contributed by atoms with Crippen LogP contribution in [0.4, 0.5) is 0 Å². The van der Waals surface area contributed by atoms with Crippen molar-refractivity contribution in [2.24, 2.45) is 5.92 Å². The van der Waals surface area contributed by atoms with Gasteiger partial charge in [-0.1, -0.05) is 19.9 Å². The second-order valence-corrected chi connectivity index (χ2v) is 5.23. The Labute approximate surface area is 136 Å². The summed E-state index contributed by atoms with van der Waals surface area (Å²) in [5.74, 6) is 0.703. The van der Waals surface area contributed by atoms with Gasteiger partial charge in [-0.05, 0) is 29.7 Å². The van der Waals surface area contributed by atoms with Gasteiger partial charge < -0.3 is 19.5 Å². The number of nitrogens with one attached hydrogen (secondary N) is 1. The smallest absolute Gasteiger partial charge is 0.331 e. The van der Waals surface area contributed by atoms with Crippen LogP contribution in [0, 0.1) is 5.92 Å². The van der Waals surface area contributed by atoms with Crippen LogP contribution in [-0.2, 0) is 14.3 Å². The molecule has 0 aliphatic carbocycles. The Kier molecular flexibility index (Phi) is 7.66. The lowest BCUT2D eigenvalue weighted by Gasteiger charge is -2.12. The molecular weight excluding hydrogens is 298 g/mol. The van der Waals surface area contributed by atoms with E-state index in [9.17, 15) is 9.59 Å². The number of amides is 1. The maximum Gasteiger partial charge on any atom is 0.331 e. The molecule has 1 aromatic carbocycles. The molecule has 1 aromatic rings. The van der Waals surface area contributed by atoms with Gasteiger partial charge >= 0.3 is 5.97 Å². The third-order valence-corrected chi connectivity index (χ3v) is 2.80. The Morgan fingerprint density at radius 3 is 2.61 bits per heavy atom. The van der Waals surface area contributed by atoms with Crippen molar-refractivity contribution >= 4 is 18.0 Å². The third kappa shape index (κ3) is 6.86. The zero-order chi connectivity index (χ0) is 17.2. The molecule has 0 unspecified atom stereocenters. The second-order valence-electron chi connectivity index (χ2n) is 5.23. The van der Waals surface area contributed by atoms with Gasteiger partial charge in [0.15, 0.2) is 18.1 Å². The van der Waals surface area contributed by atoms with Crippen molar-refractivity contribution in [1.82, 2.24) is 5.32 Å². The number of carbonyl (C=O) groups is 2. The van der Waals surface area contributed by atoms with Crippen LogP contribution in [0.3, 0.4) is 0 Å². The predicted molar refractivity (Wildman–Crippen MR) is 87.4 cm³/mol. The van der Waals surface area contributed by atoms with E-state index in [4.69, 9.17) is 14.2 Å². The van der Waals surface area contributed by atoms with Crippen molar-refractivity contribution in [3.05, 3.63) is 29.8 Å². The Bertz CT molecular complexity index is 566. The van der Waals surface area contributed by atoms with Crippen LogP contribution in [-0.4, -0.2) is 39.2 Å². The Hall–Kier alpha value is -2.50. The van der Waals surface area contributed by atoms with Crippen molar-refractivity contribution in [2.75, 3.05) is 27.4 Å². The van der Waals surface area contributed by atoms with Gasteiger partial charge in [-0.2, -0.15) is 0 Å². The van der Waals surface area contributed by atoms with Gasteiger partial charge in [0.2, 0.25) is 0 Å². The number of carbonyl (C=O) groups excluding carboxylic acids is 2. The Morgan fingerprint density at radius 2 is 2.00 bits per heavy atom. The number of ether oxygens (including phenoxy) is 3. The molecule has 0 saturated carbocycles. The molecule has 1 amide bonds. The van der Waals surface area contributed by atoms with Crippen LogP contribution in [0.2, 0.25) is 0 Å². The molecule has 1 N–H and O–H groups in total. The number of benzene rings is 1. The highest BCUT2D eigenvalue weighted by Gasteiger charge is 2.07. The lowest BCUT2D eigenvalue weighted by molar-refractivity contribution is -0.143. The Balaban J connectivity index is 2.68. The van der Waals surface area contributed by atoms with Gasteiger partial charge in [0, 0.05) is 13.1 Å². The van der Waals surface area contributed by atoms with Crippen LogP contribution in [0.25, 0.3) is 6.08 Å². The highest BCUT2D eigenvalue weighted by Crippen LogP contribution is 2.28. The van der Waals surface area contributed by atoms with Crippen molar-refractivity contribution in [1.29, 1.82) is 0 Å². The van der Waals surface area contributed by atoms with Crippen molar-refractivity contribution in [2.45, 2.75) is 13.8 Å². The second kappa shape index (κ2) is 9.50. The molecule has 0 heterocycles. The summed E-state index contributed by atoms with van der Waals surface area (Å²) in [5.41, 5.74) is 0.760. The fraction of sp³-hybridized carbons (Fsp3) is 0.412. The van der Waals surface area contributed by atoms with Crippen molar-refractivity contribution < 1.29 is 23.8 Å². The molecule has 0 atom stereocenters. The van der Waals surface area contributed by atoms with E-state index in [-0.39, 0.29) is 12.5 Å². The number of rotatable bonds is 8. The number of esters is 1. The maximum absolute atomic E-state index is 11.5. The zero-order valence-corrected chi connectivity index (χ0v) is 13.9. The van der Waals surface area contributed by atoms with Crippen LogP contribution in [0.1, 0.15) is 19.4 Å². The summed E-state index contributed by atoms with van der Waals surface area (Å²) in [5, 5.41) is 2.36. The van der Waals surface area contributed by atoms with Gasteiger partial charge in [-0.25, -0.2) is 4.79 Å². The van der Waals surface area contributed by atoms with E-state index >= 15 is 0 Å². The van der Waals surface area contributed by atoms with E-state index in [0.29, 0.717) is 24.0 Å². The fourth-order valence-corrected chi connectivity index (χ4v) is 1.58. The minimum atomic E-state index is -0.590. The van der Waals surface area contributed by atoms with E-state index < -0.39 is 5.97 Å². The van der Waals surface area contributed by atoms with Crippen LogP contribution >= 0.6 is 0 Å². The van der Waals surface area contributed by atoms with Crippen LogP contribution < -0.4 is 14.8 Å². The molecule has 23 heavy (non-hydrogen) atoms. The molecule has 0 radical (unpaired) electrons. The van der Waals surface area contributed by atoms with E-state index in [1.165, 1.54) is 13.1 Å². The van der Waals surface area contributed by atoms with Crippen molar-refractivity contribution in [3.8, 4) is 11.5 Å². The first-order valence-electron chi connectivity index (χ1n) is 7.32. The molecule has 0 fully saturated rings. The summed E-state index contributed by atoms with van der Waals surface area (Å²) in [6, 6.07) is 5.36. The first-order chi connectivity index (χ1) is 11.0. The number of hydrogen-bond acceptors (Lipinski definition) is 5. The van der Waals surface area contributed by atoms with Gasteiger partial charge in [0.05, 0.1) is 13.7 Å². The summed E-state index contributed by atoms with van der Waals surface area (Å²) in [7, 11) is 3.03. The monoisotopic (exact) mass is 321 g/mol. The number of methoxy groups -OCH3 is 1.